The Hall–Kier alpha value is -2.11. The number of aromatic nitrogens is 1. The van der Waals surface area contributed by atoms with E-state index in [-0.39, 0.29) is 11.4 Å². The number of nitrogens with zero attached hydrogens (tertiary/aromatic N) is 1. The number of anilines is 2. The molecule has 6 nitrogen and oxygen atoms in total. The molecular weight excluding hydrogens is 212 g/mol. The fraction of sp³-hybridized carbons (Fsp3) is 0.300. The Bertz CT molecular complexity index is 578. The highest BCUT2D eigenvalue weighted by Gasteiger charge is 2.23. The topological polar surface area (TPSA) is 81.4 Å². The van der Waals surface area contributed by atoms with E-state index in [0.29, 0.717) is 18.2 Å². The zero-order valence-electron chi connectivity index (χ0n) is 8.86. The van der Waals surface area contributed by atoms with E-state index < -0.39 is 10.9 Å². The van der Waals surface area contributed by atoms with Crippen LogP contribution in [0.25, 0.3) is 0 Å². The lowest BCUT2D eigenvalue weighted by Gasteiger charge is -2.10. The van der Waals surface area contributed by atoms with Crippen LogP contribution in [0.1, 0.15) is 12.6 Å². The first-order chi connectivity index (χ1) is 7.63. The Kier molecular flexibility index (Phi) is 2.47. The lowest BCUT2D eigenvalue weighted by molar-refractivity contribution is 0.334. The highest BCUT2D eigenvalue weighted by atomic mass is 16.5. The zero-order valence-corrected chi connectivity index (χ0v) is 8.86. The van der Waals surface area contributed by atoms with E-state index in [9.17, 15) is 9.59 Å². The summed E-state index contributed by atoms with van der Waals surface area (Å²) in [6.07, 6.45) is 0. The zero-order chi connectivity index (χ0) is 11.7. The predicted octanol–water partition coefficient (Wildman–Crippen LogP) is 0.721. The molecule has 2 rings (SSSR count). The van der Waals surface area contributed by atoms with Crippen molar-refractivity contribution >= 4 is 11.6 Å². The van der Waals surface area contributed by atoms with Crippen LogP contribution in [0.3, 0.4) is 0 Å². The average Bonchev–Trinajstić information content (AvgIpc) is 2.69. The molecule has 0 atom stereocenters. The predicted molar refractivity (Wildman–Crippen MR) is 57.0 cm³/mol. The van der Waals surface area contributed by atoms with E-state index in [0.717, 1.165) is 0 Å². The van der Waals surface area contributed by atoms with E-state index in [1.54, 1.807) is 19.9 Å². The first kappa shape index (κ1) is 10.4. The highest BCUT2D eigenvalue weighted by Crippen LogP contribution is 2.22. The SMILES string of the molecule is CCOc1c(Nc2cc(C)no2)c(=O)c1=O. The Morgan fingerprint density at radius 3 is 2.75 bits per heavy atom. The number of ether oxygens (including phenoxy) is 1. The van der Waals surface area contributed by atoms with Crippen LogP contribution in [-0.4, -0.2) is 11.8 Å². The lowest BCUT2D eigenvalue weighted by Crippen LogP contribution is -2.34. The monoisotopic (exact) mass is 222 g/mol. The van der Waals surface area contributed by atoms with Gasteiger partial charge in [0.1, 0.15) is 5.69 Å². The quantitative estimate of drug-likeness (QED) is 0.767. The molecule has 84 valence electrons. The molecule has 1 aromatic carbocycles. The minimum absolute atomic E-state index is 0.0570. The molecule has 0 aliphatic carbocycles. The van der Waals surface area contributed by atoms with Crippen molar-refractivity contribution in [2.45, 2.75) is 13.8 Å². The average molecular weight is 222 g/mol. The van der Waals surface area contributed by atoms with Crippen LogP contribution in [0, 0.1) is 6.92 Å². The van der Waals surface area contributed by atoms with Crippen LogP contribution in [-0.2, 0) is 0 Å². The molecule has 0 saturated heterocycles. The summed E-state index contributed by atoms with van der Waals surface area (Å²) in [4.78, 5) is 22.4. The van der Waals surface area contributed by atoms with E-state index in [2.05, 4.69) is 10.5 Å². The van der Waals surface area contributed by atoms with Crippen molar-refractivity contribution in [2.75, 3.05) is 11.9 Å². The maximum absolute atomic E-state index is 11.2. The molecular formula is C10H10N2O4. The number of hydrogen-bond donors (Lipinski definition) is 1. The van der Waals surface area contributed by atoms with Crippen LogP contribution in [0.15, 0.2) is 20.2 Å². The summed E-state index contributed by atoms with van der Waals surface area (Å²) >= 11 is 0. The van der Waals surface area contributed by atoms with E-state index in [1.165, 1.54) is 0 Å². The maximum Gasteiger partial charge on any atom is 0.272 e. The first-order valence-electron chi connectivity index (χ1n) is 4.80. The second kappa shape index (κ2) is 3.80. The second-order valence-electron chi connectivity index (χ2n) is 3.25. The van der Waals surface area contributed by atoms with Crippen molar-refractivity contribution in [2.24, 2.45) is 0 Å². The third-order valence-electron chi connectivity index (χ3n) is 2.03. The molecule has 0 aliphatic heterocycles. The molecule has 0 unspecified atom stereocenters. The van der Waals surface area contributed by atoms with Crippen LogP contribution in [0.5, 0.6) is 5.75 Å². The van der Waals surface area contributed by atoms with Crippen molar-refractivity contribution in [1.29, 1.82) is 0 Å². The molecule has 0 bridgehead atoms. The number of rotatable bonds is 4. The number of aryl methyl sites for hydroxylation is 1. The Balaban J connectivity index is 2.25. The normalized spacial score (nSPS) is 10.6. The van der Waals surface area contributed by atoms with Gasteiger partial charge in [0.2, 0.25) is 5.88 Å². The lowest BCUT2D eigenvalue weighted by atomic mass is 10.2. The Morgan fingerprint density at radius 1 is 1.44 bits per heavy atom. The van der Waals surface area contributed by atoms with E-state index in [4.69, 9.17) is 9.26 Å². The molecule has 0 fully saturated rings. The molecule has 0 saturated carbocycles. The summed E-state index contributed by atoms with van der Waals surface area (Å²) in [5, 5.41) is 6.32. The molecule has 0 radical (unpaired) electrons. The van der Waals surface area contributed by atoms with Crippen molar-refractivity contribution in [3.8, 4) is 5.75 Å². The number of nitrogens with one attached hydrogen (secondary N) is 1. The highest BCUT2D eigenvalue weighted by molar-refractivity contribution is 5.67. The third kappa shape index (κ3) is 1.58. The smallest absolute Gasteiger partial charge is 0.272 e. The maximum atomic E-state index is 11.2. The first-order valence-corrected chi connectivity index (χ1v) is 4.80. The van der Waals surface area contributed by atoms with Gasteiger partial charge in [0.15, 0.2) is 5.75 Å². The van der Waals surface area contributed by atoms with Gasteiger partial charge < -0.3 is 14.6 Å². The summed E-state index contributed by atoms with van der Waals surface area (Å²) < 4.78 is 9.90. The van der Waals surface area contributed by atoms with Gasteiger partial charge in [-0.3, -0.25) is 9.59 Å². The second-order valence-corrected chi connectivity index (χ2v) is 3.25. The summed E-state index contributed by atoms with van der Waals surface area (Å²) in [6, 6.07) is 1.62. The largest absolute Gasteiger partial charge is 0.488 e. The van der Waals surface area contributed by atoms with Gasteiger partial charge in [0.25, 0.3) is 10.9 Å². The van der Waals surface area contributed by atoms with Gasteiger partial charge in [0.05, 0.1) is 12.3 Å². The van der Waals surface area contributed by atoms with Crippen molar-refractivity contribution in [3.63, 3.8) is 0 Å². The molecule has 6 heteroatoms. The van der Waals surface area contributed by atoms with Crippen LogP contribution < -0.4 is 20.9 Å². The summed E-state index contributed by atoms with van der Waals surface area (Å²) in [5.41, 5.74) is -0.403. The molecule has 1 aromatic heterocycles. The van der Waals surface area contributed by atoms with Gasteiger partial charge in [-0.15, -0.1) is 0 Å². The Morgan fingerprint density at radius 2 is 2.19 bits per heavy atom. The molecule has 1 heterocycles. The molecule has 0 amide bonds. The van der Waals surface area contributed by atoms with Gasteiger partial charge in [-0.1, -0.05) is 5.16 Å². The van der Waals surface area contributed by atoms with Crippen LogP contribution in [0.4, 0.5) is 11.6 Å². The van der Waals surface area contributed by atoms with E-state index >= 15 is 0 Å². The van der Waals surface area contributed by atoms with Gasteiger partial charge in [-0.25, -0.2) is 0 Å². The van der Waals surface area contributed by atoms with Gasteiger partial charge in [-0.05, 0) is 13.8 Å². The molecule has 1 N–H and O–H groups in total. The van der Waals surface area contributed by atoms with E-state index in [1.807, 2.05) is 0 Å². The summed E-state index contributed by atoms with van der Waals surface area (Å²) in [6.45, 7) is 3.81. The van der Waals surface area contributed by atoms with Crippen molar-refractivity contribution in [3.05, 3.63) is 32.2 Å². The molecule has 16 heavy (non-hydrogen) atoms. The fourth-order valence-corrected chi connectivity index (χ4v) is 1.31. The van der Waals surface area contributed by atoms with Crippen molar-refractivity contribution < 1.29 is 9.26 Å². The van der Waals surface area contributed by atoms with Crippen LogP contribution in [0.2, 0.25) is 0 Å². The van der Waals surface area contributed by atoms with Gasteiger partial charge in [0, 0.05) is 6.07 Å². The summed E-state index contributed by atoms with van der Waals surface area (Å²) in [7, 11) is 0. The van der Waals surface area contributed by atoms with Gasteiger partial charge >= 0.3 is 0 Å². The van der Waals surface area contributed by atoms with Crippen LogP contribution >= 0.6 is 0 Å². The standard InChI is InChI=1S/C10H10N2O4/c1-3-15-10-7(8(13)9(10)14)11-6-4-5(2)12-16-6/h4,11H,3H2,1-2H3. The molecule has 2 aromatic rings. The summed E-state index contributed by atoms with van der Waals surface area (Å²) in [5.74, 6) is 0.368. The molecule has 0 aliphatic rings. The molecule has 0 spiro atoms. The minimum atomic E-state index is -0.611. The fourth-order valence-electron chi connectivity index (χ4n) is 1.31. The Labute approximate surface area is 90.5 Å². The third-order valence-corrected chi connectivity index (χ3v) is 2.03. The minimum Gasteiger partial charge on any atom is -0.488 e. The van der Waals surface area contributed by atoms with Crippen molar-refractivity contribution in [1.82, 2.24) is 5.16 Å². The number of hydrogen-bond acceptors (Lipinski definition) is 6. The van der Waals surface area contributed by atoms with Gasteiger partial charge in [-0.2, -0.15) is 0 Å².